The molecule has 7 heteroatoms. The Kier molecular flexibility index (Phi) is 3.35. The summed E-state index contributed by atoms with van der Waals surface area (Å²) in [5, 5.41) is 12.4. The van der Waals surface area contributed by atoms with Gasteiger partial charge in [-0.3, -0.25) is 4.79 Å². The Bertz CT molecular complexity index is 720. The van der Waals surface area contributed by atoms with Crippen LogP contribution >= 0.6 is 0 Å². The molecule has 0 spiro atoms. The predicted molar refractivity (Wildman–Crippen MR) is 66.4 cm³/mol. The van der Waals surface area contributed by atoms with Crippen LogP contribution in [0, 0.1) is 0 Å². The molecule has 0 fully saturated rings. The van der Waals surface area contributed by atoms with Gasteiger partial charge in [0.15, 0.2) is 0 Å². The summed E-state index contributed by atoms with van der Waals surface area (Å²) in [5.74, 6) is -4.49. The van der Waals surface area contributed by atoms with E-state index in [1.807, 2.05) is 0 Å². The molecular formula is C13H10F2N2O3. The molecule has 1 aromatic carbocycles. The molecule has 0 saturated heterocycles. The van der Waals surface area contributed by atoms with Crippen LogP contribution in [-0.4, -0.2) is 20.9 Å². The second kappa shape index (κ2) is 4.84. The summed E-state index contributed by atoms with van der Waals surface area (Å²) in [6.45, 7) is 0.758. The second-order valence-electron chi connectivity index (χ2n) is 4.22. The van der Waals surface area contributed by atoms with E-state index in [9.17, 15) is 18.4 Å². The summed E-state index contributed by atoms with van der Waals surface area (Å²) >= 11 is 0. The highest BCUT2D eigenvalue weighted by Crippen LogP contribution is 2.27. The lowest BCUT2D eigenvalue weighted by atomic mass is 10.1. The molecule has 0 aliphatic heterocycles. The molecule has 0 radical (unpaired) electrons. The maximum atomic E-state index is 13.2. The van der Waals surface area contributed by atoms with Crippen molar-refractivity contribution in [3.63, 3.8) is 0 Å². The van der Waals surface area contributed by atoms with Crippen LogP contribution in [0.5, 0.6) is 0 Å². The lowest BCUT2D eigenvalue weighted by molar-refractivity contribution is 0.0174. The number of nitrogens with zero attached hydrogens (tertiary/aromatic N) is 2. The minimum absolute atomic E-state index is 0.229. The van der Waals surface area contributed by atoms with E-state index < -0.39 is 23.0 Å². The molecule has 0 aliphatic carbocycles. The average molecular weight is 280 g/mol. The van der Waals surface area contributed by atoms with Crippen molar-refractivity contribution in [3.8, 4) is 5.69 Å². The number of carboxylic acids is 1. The van der Waals surface area contributed by atoms with Crippen LogP contribution in [0.1, 0.15) is 23.0 Å². The van der Waals surface area contributed by atoms with Crippen molar-refractivity contribution in [2.24, 2.45) is 0 Å². The minimum atomic E-state index is -3.02. The number of rotatable bonds is 3. The van der Waals surface area contributed by atoms with E-state index in [4.69, 9.17) is 5.11 Å². The lowest BCUT2D eigenvalue weighted by Gasteiger charge is -2.12. The average Bonchev–Trinajstić information content (AvgIpc) is 2.38. The van der Waals surface area contributed by atoms with E-state index in [1.54, 1.807) is 0 Å². The van der Waals surface area contributed by atoms with Crippen LogP contribution in [0.15, 0.2) is 41.3 Å². The SMILES string of the molecule is CC(F)(F)c1cccc(-n2ccc(=O)c(C(=O)O)n2)c1. The maximum Gasteiger partial charge on any atom is 0.360 e. The van der Waals surface area contributed by atoms with E-state index >= 15 is 0 Å². The third-order valence-electron chi connectivity index (χ3n) is 2.63. The molecule has 0 atom stereocenters. The normalized spacial score (nSPS) is 11.3. The van der Waals surface area contributed by atoms with E-state index in [-0.39, 0.29) is 11.3 Å². The van der Waals surface area contributed by atoms with Crippen LogP contribution in [0.2, 0.25) is 0 Å². The van der Waals surface area contributed by atoms with Crippen molar-refractivity contribution in [3.05, 3.63) is 58.0 Å². The van der Waals surface area contributed by atoms with Gasteiger partial charge in [0.25, 0.3) is 5.92 Å². The topological polar surface area (TPSA) is 72.2 Å². The quantitative estimate of drug-likeness (QED) is 0.933. The smallest absolute Gasteiger partial charge is 0.360 e. The zero-order valence-electron chi connectivity index (χ0n) is 10.4. The molecule has 1 aromatic heterocycles. The molecule has 0 bridgehead atoms. The molecule has 104 valence electrons. The highest BCUT2D eigenvalue weighted by Gasteiger charge is 2.24. The number of aromatic carboxylic acids is 1. The van der Waals surface area contributed by atoms with Gasteiger partial charge in [-0.25, -0.2) is 18.3 Å². The Hall–Kier alpha value is -2.57. The third kappa shape index (κ3) is 2.71. The zero-order chi connectivity index (χ0) is 14.9. The van der Waals surface area contributed by atoms with Crippen molar-refractivity contribution in [2.75, 3.05) is 0 Å². The molecule has 2 aromatic rings. The summed E-state index contributed by atoms with van der Waals surface area (Å²) in [6, 6.07) is 6.35. The number of hydrogen-bond acceptors (Lipinski definition) is 3. The van der Waals surface area contributed by atoms with Gasteiger partial charge >= 0.3 is 5.97 Å². The first-order valence-corrected chi connectivity index (χ1v) is 5.61. The van der Waals surface area contributed by atoms with Crippen molar-refractivity contribution < 1.29 is 18.7 Å². The fourth-order valence-corrected chi connectivity index (χ4v) is 1.62. The summed E-state index contributed by atoms with van der Waals surface area (Å²) in [5.41, 5.74) is -1.40. The molecule has 0 aliphatic rings. The maximum absolute atomic E-state index is 13.2. The first-order chi connectivity index (χ1) is 9.29. The summed E-state index contributed by atoms with van der Waals surface area (Å²) in [7, 11) is 0. The van der Waals surface area contributed by atoms with Gasteiger partial charge in [0, 0.05) is 24.8 Å². The fraction of sp³-hybridized carbons (Fsp3) is 0.154. The van der Waals surface area contributed by atoms with Gasteiger partial charge < -0.3 is 5.11 Å². The Morgan fingerprint density at radius 3 is 2.65 bits per heavy atom. The number of alkyl halides is 2. The Labute approximate surface area is 112 Å². The van der Waals surface area contributed by atoms with Crippen LogP contribution < -0.4 is 5.43 Å². The van der Waals surface area contributed by atoms with E-state index in [1.165, 1.54) is 30.5 Å². The zero-order valence-corrected chi connectivity index (χ0v) is 10.4. The van der Waals surface area contributed by atoms with Gasteiger partial charge in [0.05, 0.1) is 5.69 Å². The van der Waals surface area contributed by atoms with Crippen molar-refractivity contribution in [1.29, 1.82) is 0 Å². The summed E-state index contributed by atoms with van der Waals surface area (Å²) < 4.78 is 27.6. The Balaban J connectivity index is 2.55. The number of carboxylic acid groups (broad SMARTS) is 1. The minimum Gasteiger partial charge on any atom is -0.476 e. The summed E-state index contributed by atoms with van der Waals surface area (Å²) in [6.07, 6.45) is 1.22. The molecule has 2 rings (SSSR count). The Morgan fingerprint density at radius 2 is 2.05 bits per heavy atom. The van der Waals surface area contributed by atoms with Crippen LogP contribution in [-0.2, 0) is 5.92 Å². The number of halogens is 2. The van der Waals surface area contributed by atoms with E-state index in [2.05, 4.69) is 5.10 Å². The molecule has 5 nitrogen and oxygen atoms in total. The number of benzene rings is 1. The molecule has 0 amide bonds. The first kappa shape index (κ1) is 13.9. The van der Waals surface area contributed by atoms with Crippen LogP contribution in [0.3, 0.4) is 0 Å². The molecular weight excluding hydrogens is 270 g/mol. The number of hydrogen-bond donors (Lipinski definition) is 1. The van der Waals surface area contributed by atoms with Gasteiger partial charge in [-0.15, -0.1) is 0 Å². The molecule has 0 unspecified atom stereocenters. The van der Waals surface area contributed by atoms with Gasteiger partial charge in [0.1, 0.15) is 0 Å². The third-order valence-corrected chi connectivity index (χ3v) is 2.63. The van der Waals surface area contributed by atoms with Gasteiger partial charge in [-0.2, -0.15) is 5.10 Å². The fourth-order valence-electron chi connectivity index (χ4n) is 1.62. The first-order valence-electron chi connectivity index (χ1n) is 5.61. The summed E-state index contributed by atoms with van der Waals surface area (Å²) in [4.78, 5) is 22.1. The van der Waals surface area contributed by atoms with E-state index in [0.29, 0.717) is 0 Å². The number of carbonyl (C=O) groups is 1. The Morgan fingerprint density at radius 1 is 1.35 bits per heavy atom. The standard InChI is InChI=1S/C13H10F2N2O3/c1-13(14,15)8-3-2-4-9(7-8)17-6-5-10(18)11(16-17)12(19)20/h2-7H,1H3,(H,19,20). The van der Waals surface area contributed by atoms with Crippen molar-refractivity contribution in [2.45, 2.75) is 12.8 Å². The molecule has 20 heavy (non-hydrogen) atoms. The van der Waals surface area contributed by atoms with Gasteiger partial charge in [-0.05, 0) is 12.1 Å². The molecule has 1 heterocycles. The second-order valence-corrected chi connectivity index (χ2v) is 4.22. The lowest BCUT2D eigenvalue weighted by Crippen LogP contribution is -2.20. The number of aromatic nitrogens is 2. The highest BCUT2D eigenvalue weighted by molar-refractivity contribution is 5.84. The van der Waals surface area contributed by atoms with Gasteiger partial charge in [0.2, 0.25) is 11.1 Å². The van der Waals surface area contributed by atoms with Crippen LogP contribution in [0.4, 0.5) is 8.78 Å². The predicted octanol–water partition coefficient (Wildman–Crippen LogP) is 2.04. The molecule has 0 saturated carbocycles. The highest BCUT2D eigenvalue weighted by atomic mass is 19.3. The van der Waals surface area contributed by atoms with Crippen molar-refractivity contribution in [1.82, 2.24) is 9.78 Å². The molecule has 1 N–H and O–H groups in total. The largest absolute Gasteiger partial charge is 0.476 e. The monoisotopic (exact) mass is 280 g/mol. The van der Waals surface area contributed by atoms with Gasteiger partial charge in [-0.1, -0.05) is 12.1 Å². The van der Waals surface area contributed by atoms with E-state index in [0.717, 1.165) is 17.7 Å². The van der Waals surface area contributed by atoms with Crippen LogP contribution in [0.25, 0.3) is 5.69 Å². The van der Waals surface area contributed by atoms with Crippen molar-refractivity contribution >= 4 is 5.97 Å².